The van der Waals surface area contributed by atoms with Crippen LogP contribution in [0.25, 0.3) is 4.85 Å². The van der Waals surface area contributed by atoms with E-state index in [2.05, 4.69) is 50.8 Å². The van der Waals surface area contributed by atoms with Crippen molar-refractivity contribution in [2.24, 2.45) is 0 Å². The van der Waals surface area contributed by atoms with E-state index in [4.69, 9.17) is 15.7 Å². The van der Waals surface area contributed by atoms with E-state index in [0.717, 1.165) is 4.90 Å². The van der Waals surface area contributed by atoms with Crippen molar-refractivity contribution < 1.29 is 14.3 Å². The molecule has 3 rings (SSSR count). The van der Waals surface area contributed by atoms with E-state index in [1.165, 1.54) is 17.3 Å². The van der Waals surface area contributed by atoms with Gasteiger partial charge in [-0.3, -0.25) is 4.85 Å². The van der Waals surface area contributed by atoms with Crippen LogP contribution < -0.4 is 0 Å². The van der Waals surface area contributed by atoms with Crippen LogP contribution in [0.1, 0.15) is 39.7 Å². The van der Waals surface area contributed by atoms with Crippen LogP contribution in [-0.2, 0) is 9.16 Å². The fraction of sp³-hybridized carbons (Fsp3) is 0.667. The van der Waals surface area contributed by atoms with Gasteiger partial charge in [0.15, 0.2) is 14.4 Å². The summed E-state index contributed by atoms with van der Waals surface area (Å²) in [5.41, 5.74) is 0.0682. The lowest BCUT2D eigenvalue weighted by Crippen LogP contribution is -2.53. The minimum absolute atomic E-state index is 0.0631. The fourth-order valence-corrected chi connectivity index (χ4v) is 6.33. The van der Waals surface area contributed by atoms with Crippen LogP contribution in [0.5, 0.6) is 0 Å². The topological polar surface area (TPSA) is 46.4 Å². The smallest absolute Gasteiger partial charge is 0.313 e. The summed E-state index contributed by atoms with van der Waals surface area (Å²) in [6.45, 7) is 22.8. The maximum atomic E-state index is 11.5. The van der Waals surface area contributed by atoms with E-state index in [9.17, 15) is 5.11 Å². The van der Waals surface area contributed by atoms with Crippen LogP contribution in [0.3, 0.4) is 0 Å². The Morgan fingerprint density at radius 2 is 1.89 bits per heavy atom. The number of fused-ring (bicyclic) bond motifs is 1. The Labute approximate surface area is 168 Å². The molecule has 1 N–H and O–H groups in total. The molecule has 2 fully saturated rings. The molecule has 1 heterocycles. The summed E-state index contributed by atoms with van der Waals surface area (Å²) in [7, 11) is -2.03. The molecule has 1 aliphatic carbocycles. The first-order valence-electron chi connectivity index (χ1n) is 9.55. The number of aliphatic hydroxyl groups is 1. The van der Waals surface area contributed by atoms with Crippen LogP contribution in [0.15, 0.2) is 29.2 Å². The molecule has 27 heavy (non-hydrogen) atoms. The third-order valence-electron chi connectivity index (χ3n) is 6.45. The molecule has 0 spiro atoms. The summed E-state index contributed by atoms with van der Waals surface area (Å²) < 4.78 is 12.3. The summed E-state index contributed by atoms with van der Waals surface area (Å²) in [6, 6.07) is 8.18. The zero-order chi connectivity index (χ0) is 20.3. The molecule has 0 aromatic heterocycles. The number of epoxide rings is 1. The van der Waals surface area contributed by atoms with Crippen molar-refractivity contribution in [2.75, 3.05) is 0 Å². The molecule has 1 saturated carbocycles. The Kier molecular flexibility index (Phi) is 5.11. The average Bonchev–Trinajstić information content (AvgIpc) is 3.32. The molecule has 4 nitrogen and oxygen atoms in total. The predicted octanol–water partition coefficient (Wildman–Crippen LogP) is 5.02. The summed E-state index contributed by atoms with van der Waals surface area (Å²) in [5.74, 6) is 0. The van der Waals surface area contributed by atoms with Crippen LogP contribution in [0.2, 0.25) is 18.1 Å². The first kappa shape index (κ1) is 20.9. The van der Waals surface area contributed by atoms with Crippen molar-refractivity contribution in [3.63, 3.8) is 0 Å². The van der Waals surface area contributed by atoms with Gasteiger partial charge in [-0.15, -0.1) is 0 Å². The zero-order valence-electron chi connectivity index (χ0n) is 17.4. The zero-order valence-corrected chi connectivity index (χ0v) is 19.2. The monoisotopic (exact) mass is 405 g/mol. The van der Waals surface area contributed by atoms with Crippen LogP contribution in [-0.4, -0.2) is 42.2 Å². The van der Waals surface area contributed by atoms with Crippen LogP contribution in [0, 0.1) is 13.5 Å². The molecular formula is C21H31NO3SSi. The Bertz CT molecular complexity index is 754. The first-order valence-corrected chi connectivity index (χ1v) is 13.3. The number of rotatable bonds is 5. The van der Waals surface area contributed by atoms with Crippen molar-refractivity contribution in [3.05, 3.63) is 41.2 Å². The van der Waals surface area contributed by atoms with E-state index in [1.54, 1.807) is 0 Å². The van der Waals surface area contributed by atoms with Gasteiger partial charge in [-0.1, -0.05) is 38.5 Å². The number of ether oxygens (including phenoxy) is 1. The van der Waals surface area contributed by atoms with Gasteiger partial charge in [-0.2, -0.15) is 0 Å². The van der Waals surface area contributed by atoms with Crippen LogP contribution in [0.4, 0.5) is 0 Å². The van der Waals surface area contributed by atoms with Gasteiger partial charge in [-0.25, -0.2) is 6.57 Å². The minimum atomic E-state index is -2.03. The lowest BCUT2D eigenvalue weighted by Gasteiger charge is -2.42. The summed E-state index contributed by atoms with van der Waals surface area (Å²) in [4.78, 5) is 4.21. The lowest BCUT2D eigenvalue weighted by molar-refractivity contribution is -0.0824. The highest BCUT2D eigenvalue weighted by atomic mass is 32.2. The highest BCUT2D eigenvalue weighted by Crippen LogP contribution is 2.61. The molecule has 0 amide bonds. The van der Waals surface area contributed by atoms with Gasteiger partial charge in [0.25, 0.3) is 0 Å². The third kappa shape index (κ3) is 3.61. The predicted molar refractivity (Wildman–Crippen MR) is 112 cm³/mol. The highest BCUT2D eigenvalue weighted by Gasteiger charge is 2.78. The Hall–Kier alpha value is -0.843. The average molecular weight is 406 g/mol. The fourth-order valence-electron chi connectivity index (χ4n) is 3.57. The number of nitrogens with zero attached hydrogens (tertiary/aromatic N) is 1. The van der Waals surface area contributed by atoms with E-state index in [-0.39, 0.29) is 23.4 Å². The third-order valence-corrected chi connectivity index (χ3v) is 12.3. The molecule has 0 unspecified atom stereocenters. The first-order chi connectivity index (χ1) is 12.3. The molecule has 2 aliphatic rings. The van der Waals surface area contributed by atoms with Crippen molar-refractivity contribution in [3.8, 4) is 0 Å². The largest absolute Gasteiger partial charge is 0.411 e. The van der Waals surface area contributed by atoms with Gasteiger partial charge in [0, 0.05) is 4.90 Å². The number of aryl methyl sites for hydroxylation is 1. The Morgan fingerprint density at radius 3 is 2.41 bits per heavy atom. The summed E-state index contributed by atoms with van der Waals surface area (Å²) >= 11 is 1.52. The van der Waals surface area contributed by atoms with Crippen molar-refractivity contribution in [1.29, 1.82) is 0 Å². The Morgan fingerprint density at radius 1 is 1.30 bits per heavy atom. The Balaban J connectivity index is 1.81. The van der Waals surface area contributed by atoms with E-state index in [0.29, 0.717) is 6.42 Å². The van der Waals surface area contributed by atoms with E-state index < -0.39 is 18.8 Å². The minimum Gasteiger partial charge on any atom is -0.411 e. The molecule has 1 aliphatic heterocycles. The molecule has 5 atom stereocenters. The number of hydrogen-bond acceptors (Lipinski definition) is 4. The van der Waals surface area contributed by atoms with Gasteiger partial charge < -0.3 is 14.3 Å². The van der Waals surface area contributed by atoms with Gasteiger partial charge in [0.1, 0.15) is 11.7 Å². The van der Waals surface area contributed by atoms with Gasteiger partial charge >= 0.3 is 4.87 Å². The van der Waals surface area contributed by atoms with Crippen LogP contribution >= 0.6 is 11.8 Å². The second-order valence-electron chi connectivity index (χ2n) is 9.54. The highest BCUT2D eigenvalue weighted by molar-refractivity contribution is 8.01. The van der Waals surface area contributed by atoms with Gasteiger partial charge in [0.05, 0.1) is 12.5 Å². The molecule has 1 saturated heterocycles. The maximum absolute atomic E-state index is 11.5. The number of benzene rings is 1. The molecule has 6 heteroatoms. The molecule has 0 radical (unpaired) electrons. The maximum Gasteiger partial charge on any atom is 0.313 e. The summed E-state index contributed by atoms with van der Waals surface area (Å²) in [5, 5.41) is 11.6. The summed E-state index contributed by atoms with van der Waals surface area (Å²) in [6.07, 6.45) is -0.551. The SMILES string of the molecule is [C-]#[N+][C@]1(Sc2ccc(C)cc2)C[C@@](O)([C@@H](C)O[Si](C)(C)C(C)(C)C)[C@@H]2O[C@@H]21. The molecule has 148 valence electrons. The van der Waals surface area contributed by atoms with Crippen molar-refractivity contribution in [1.82, 2.24) is 0 Å². The molecule has 0 bridgehead atoms. The standard InChI is InChI=1S/C21H31NO3SSi/c1-14-9-11-16(12-10-14)26-21(22-6)13-20(23,17-18(21)24-17)15(2)25-27(7,8)19(3,4)5/h9-12,15,17-18,23H,13H2,1-5,7-8H3/t15-,17-,18+,20-,21+/m1/s1. The van der Waals surface area contributed by atoms with Gasteiger partial charge in [-0.05, 0) is 55.9 Å². The normalized spacial score (nSPS) is 34.0. The lowest BCUT2D eigenvalue weighted by atomic mass is 9.94. The van der Waals surface area contributed by atoms with E-state index in [1.807, 2.05) is 26.0 Å². The van der Waals surface area contributed by atoms with E-state index >= 15 is 0 Å². The number of thioether (sulfide) groups is 1. The second kappa shape index (κ2) is 6.60. The quantitative estimate of drug-likeness (QED) is 0.425. The van der Waals surface area contributed by atoms with Gasteiger partial charge in [0.2, 0.25) is 0 Å². The second-order valence-corrected chi connectivity index (χ2v) is 15.7. The van der Waals surface area contributed by atoms with Crippen molar-refractivity contribution in [2.45, 2.75) is 92.9 Å². The number of hydrogen-bond donors (Lipinski definition) is 1. The van der Waals surface area contributed by atoms with Crippen molar-refractivity contribution >= 4 is 20.1 Å². The molecule has 1 aromatic rings. The molecular weight excluding hydrogens is 374 g/mol. The molecule has 1 aromatic carbocycles.